The molecule has 0 bridgehead atoms. The average molecular weight is 368 g/mol. The van der Waals surface area contributed by atoms with Gasteiger partial charge in [-0.2, -0.15) is 0 Å². The van der Waals surface area contributed by atoms with E-state index in [9.17, 15) is 9.59 Å². The lowest BCUT2D eigenvalue weighted by Crippen LogP contribution is -2.37. The molecule has 6 nitrogen and oxygen atoms in total. The summed E-state index contributed by atoms with van der Waals surface area (Å²) in [6.07, 6.45) is 17.6. The first-order valence-corrected chi connectivity index (χ1v) is 9.91. The topological polar surface area (TPSA) is 96.5 Å². The molecular formula is C20H37N3O3. The molecule has 0 aliphatic heterocycles. The fraction of sp³-hybridized carbons (Fsp3) is 0.750. The van der Waals surface area contributed by atoms with Crippen molar-refractivity contribution in [1.82, 2.24) is 4.90 Å². The molecular weight excluding hydrogens is 330 g/mol. The van der Waals surface area contributed by atoms with E-state index in [1.807, 2.05) is 0 Å². The first-order chi connectivity index (χ1) is 12.5. The van der Waals surface area contributed by atoms with E-state index in [1.165, 1.54) is 50.5 Å². The van der Waals surface area contributed by atoms with Gasteiger partial charge in [-0.3, -0.25) is 10.2 Å². The summed E-state index contributed by atoms with van der Waals surface area (Å²) in [5, 5.41) is 7.15. The highest BCUT2D eigenvalue weighted by atomic mass is 16.6. The van der Waals surface area contributed by atoms with Crippen LogP contribution in [0, 0.1) is 5.41 Å². The van der Waals surface area contributed by atoms with Crippen LogP contribution in [0.4, 0.5) is 0 Å². The zero-order valence-corrected chi connectivity index (χ0v) is 16.6. The van der Waals surface area contributed by atoms with Gasteiger partial charge in [0.05, 0.1) is 0 Å². The van der Waals surface area contributed by atoms with E-state index in [0.717, 1.165) is 32.1 Å². The number of carbonyl (C=O) groups excluding carboxylic acids is 2. The number of esters is 2. The Balaban J connectivity index is 3.46. The predicted octanol–water partition coefficient (Wildman–Crippen LogP) is 4.14. The molecule has 0 saturated heterocycles. The number of nitrogens with zero attached hydrogens (tertiary/aromatic N) is 1. The van der Waals surface area contributed by atoms with Gasteiger partial charge in [0.1, 0.15) is 6.54 Å². The summed E-state index contributed by atoms with van der Waals surface area (Å²) in [6.45, 7) is 2.04. The lowest BCUT2D eigenvalue weighted by molar-refractivity contribution is -0.159. The lowest BCUT2D eigenvalue weighted by Gasteiger charge is -2.14. The second-order valence-corrected chi connectivity index (χ2v) is 6.71. The van der Waals surface area contributed by atoms with E-state index in [0.29, 0.717) is 0 Å². The quantitative estimate of drug-likeness (QED) is 0.113. The molecule has 0 rings (SSSR count). The van der Waals surface area contributed by atoms with Gasteiger partial charge in [0.2, 0.25) is 0 Å². The fourth-order valence-corrected chi connectivity index (χ4v) is 2.48. The van der Waals surface area contributed by atoms with Crippen molar-refractivity contribution in [2.24, 2.45) is 5.73 Å². The van der Waals surface area contributed by atoms with Crippen LogP contribution in [0.5, 0.6) is 0 Å². The van der Waals surface area contributed by atoms with Crippen LogP contribution in [-0.2, 0) is 14.3 Å². The summed E-state index contributed by atoms with van der Waals surface area (Å²) < 4.78 is 4.70. The van der Waals surface area contributed by atoms with Crippen molar-refractivity contribution < 1.29 is 14.3 Å². The Morgan fingerprint density at radius 3 is 2.04 bits per heavy atom. The largest absolute Gasteiger partial charge is 0.392 e. The number of allylic oxidation sites excluding steroid dienone is 2. The molecule has 0 aliphatic rings. The highest BCUT2D eigenvalue weighted by Crippen LogP contribution is 2.09. The smallest absolute Gasteiger partial charge is 0.333 e. The van der Waals surface area contributed by atoms with Gasteiger partial charge in [0, 0.05) is 13.5 Å². The number of unbranched alkanes of at least 4 members (excludes halogenated alkanes) is 9. The van der Waals surface area contributed by atoms with E-state index in [-0.39, 0.29) is 18.9 Å². The van der Waals surface area contributed by atoms with E-state index in [1.54, 1.807) is 0 Å². The van der Waals surface area contributed by atoms with E-state index in [4.69, 9.17) is 15.9 Å². The molecule has 0 amide bonds. The minimum absolute atomic E-state index is 0.187. The van der Waals surface area contributed by atoms with Crippen LogP contribution in [0.1, 0.15) is 84.0 Å². The van der Waals surface area contributed by atoms with Gasteiger partial charge in [-0.05, 0) is 32.1 Å². The van der Waals surface area contributed by atoms with Crippen molar-refractivity contribution in [2.45, 2.75) is 84.0 Å². The normalized spacial score (nSPS) is 10.8. The first kappa shape index (κ1) is 24.1. The van der Waals surface area contributed by atoms with Crippen LogP contribution in [0.15, 0.2) is 12.2 Å². The molecule has 0 unspecified atom stereocenters. The Morgan fingerprint density at radius 1 is 0.923 bits per heavy atom. The molecule has 6 heteroatoms. The van der Waals surface area contributed by atoms with E-state index >= 15 is 0 Å². The molecule has 0 radical (unpaired) electrons. The number of guanidine groups is 1. The Hall–Kier alpha value is -1.85. The monoisotopic (exact) mass is 367 g/mol. The van der Waals surface area contributed by atoms with Gasteiger partial charge >= 0.3 is 11.9 Å². The number of hydrogen-bond acceptors (Lipinski definition) is 4. The molecule has 0 atom stereocenters. The van der Waals surface area contributed by atoms with Crippen LogP contribution in [0.2, 0.25) is 0 Å². The van der Waals surface area contributed by atoms with Crippen molar-refractivity contribution in [3.05, 3.63) is 12.2 Å². The van der Waals surface area contributed by atoms with Crippen LogP contribution in [-0.4, -0.2) is 36.4 Å². The predicted molar refractivity (Wildman–Crippen MR) is 106 cm³/mol. The maximum absolute atomic E-state index is 11.6. The standard InChI is InChI=1S/C20H37N3O3/c1-3-4-5-6-7-8-9-10-11-12-13-14-15-16-18(24)26-19(25)17-23(2)20(21)22/h8-9H,3-7,10-17H2,1-2H3,(H3,21,22)/b9-8-. The van der Waals surface area contributed by atoms with Crippen molar-refractivity contribution in [2.75, 3.05) is 13.6 Å². The Labute approximate surface area is 158 Å². The number of likely N-dealkylation sites (N-methyl/N-ethyl adjacent to an activating group) is 1. The number of carbonyl (C=O) groups is 2. The number of hydrogen-bond donors (Lipinski definition) is 2. The summed E-state index contributed by atoms with van der Waals surface area (Å²) >= 11 is 0. The van der Waals surface area contributed by atoms with Crippen LogP contribution >= 0.6 is 0 Å². The number of rotatable bonds is 15. The zero-order chi connectivity index (χ0) is 19.6. The summed E-state index contributed by atoms with van der Waals surface area (Å²) in [6, 6.07) is 0. The van der Waals surface area contributed by atoms with Crippen molar-refractivity contribution in [3.63, 3.8) is 0 Å². The molecule has 0 saturated carbocycles. The summed E-state index contributed by atoms with van der Waals surface area (Å²) in [7, 11) is 1.50. The maximum atomic E-state index is 11.6. The van der Waals surface area contributed by atoms with Crippen LogP contribution in [0.25, 0.3) is 0 Å². The van der Waals surface area contributed by atoms with Gasteiger partial charge in [0.15, 0.2) is 5.96 Å². The number of nitrogens with one attached hydrogen (secondary N) is 1. The molecule has 0 aromatic rings. The van der Waals surface area contributed by atoms with Crippen molar-refractivity contribution >= 4 is 17.9 Å². The van der Waals surface area contributed by atoms with Crippen molar-refractivity contribution in [1.29, 1.82) is 5.41 Å². The van der Waals surface area contributed by atoms with Gasteiger partial charge in [0.25, 0.3) is 0 Å². The number of ether oxygens (including phenoxy) is 1. The first-order valence-electron chi connectivity index (χ1n) is 9.91. The molecule has 0 aromatic carbocycles. The molecule has 0 spiro atoms. The minimum Gasteiger partial charge on any atom is -0.392 e. The molecule has 0 fully saturated rings. The Bertz CT molecular complexity index is 436. The molecule has 3 N–H and O–H groups in total. The third-order valence-corrected chi connectivity index (χ3v) is 4.15. The third-order valence-electron chi connectivity index (χ3n) is 4.15. The van der Waals surface area contributed by atoms with Gasteiger partial charge in [-0.1, -0.05) is 57.6 Å². The fourth-order valence-electron chi connectivity index (χ4n) is 2.48. The minimum atomic E-state index is -0.672. The number of nitrogens with two attached hydrogens (primary N) is 1. The SMILES string of the molecule is CCCCCC/C=C\CCCCCCCC(=O)OC(=O)CN(C)C(=N)N. The molecule has 0 aliphatic carbocycles. The summed E-state index contributed by atoms with van der Waals surface area (Å²) in [5.41, 5.74) is 5.22. The lowest BCUT2D eigenvalue weighted by atomic mass is 10.1. The maximum Gasteiger partial charge on any atom is 0.333 e. The molecule has 150 valence electrons. The summed E-state index contributed by atoms with van der Waals surface area (Å²) in [4.78, 5) is 24.2. The highest BCUT2D eigenvalue weighted by Gasteiger charge is 2.13. The Kier molecular flexibility index (Phi) is 15.4. The zero-order valence-electron chi connectivity index (χ0n) is 16.6. The Morgan fingerprint density at radius 2 is 1.46 bits per heavy atom. The highest BCUT2D eigenvalue weighted by molar-refractivity contribution is 5.88. The van der Waals surface area contributed by atoms with Crippen LogP contribution < -0.4 is 5.73 Å². The molecule has 26 heavy (non-hydrogen) atoms. The molecule has 0 heterocycles. The summed E-state index contributed by atoms with van der Waals surface area (Å²) in [5.74, 6) is -1.41. The van der Waals surface area contributed by atoms with Gasteiger partial charge in [-0.15, -0.1) is 0 Å². The van der Waals surface area contributed by atoms with Crippen molar-refractivity contribution in [3.8, 4) is 0 Å². The second-order valence-electron chi connectivity index (χ2n) is 6.71. The van der Waals surface area contributed by atoms with Crippen LogP contribution in [0.3, 0.4) is 0 Å². The average Bonchev–Trinajstić information content (AvgIpc) is 2.58. The van der Waals surface area contributed by atoms with Gasteiger partial charge < -0.3 is 15.4 Å². The van der Waals surface area contributed by atoms with E-state index < -0.39 is 11.9 Å². The van der Waals surface area contributed by atoms with Gasteiger partial charge in [-0.25, -0.2) is 4.79 Å². The molecule has 0 aromatic heterocycles. The third kappa shape index (κ3) is 15.7. The van der Waals surface area contributed by atoms with E-state index in [2.05, 4.69) is 19.1 Å². The second kappa shape index (κ2) is 16.6.